The molecule has 2 rings (SSSR count). The molecule has 130 valence electrons. The van der Waals surface area contributed by atoms with E-state index in [-0.39, 0.29) is 11.3 Å². The predicted octanol–water partition coefficient (Wildman–Crippen LogP) is 3.76. The number of amides is 1. The Labute approximate surface area is 147 Å². The van der Waals surface area contributed by atoms with Crippen LogP contribution >= 0.6 is 0 Å². The molecule has 1 amide bonds. The van der Waals surface area contributed by atoms with E-state index in [0.29, 0.717) is 24.4 Å². The van der Waals surface area contributed by atoms with Crippen molar-refractivity contribution in [2.75, 3.05) is 13.2 Å². The fourth-order valence-electron chi connectivity index (χ4n) is 2.29. The number of hydrogen-bond acceptors (Lipinski definition) is 4. The van der Waals surface area contributed by atoms with Gasteiger partial charge < -0.3 is 10.1 Å². The summed E-state index contributed by atoms with van der Waals surface area (Å²) in [7, 11) is 0. The second-order valence-electron chi connectivity index (χ2n) is 6.60. The zero-order valence-electron chi connectivity index (χ0n) is 14.7. The lowest BCUT2D eigenvalue weighted by atomic mass is 9.87. The first-order valence-electron chi connectivity index (χ1n) is 8.10. The molecule has 0 spiro atoms. The van der Waals surface area contributed by atoms with Crippen LogP contribution in [0.5, 0.6) is 5.75 Å². The smallest absolute Gasteiger partial charge is 0.253 e. The molecule has 2 aromatic carbocycles. The molecule has 0 atom stereocenters. The average Bonchev–Trinajstić information content (AvgIpc) is 2.59. The van der Waals surface area contributed by atoms with E-state index >= 15 is 0 Å². The normalized spacial score (nSPS) is 10.7. The van der Waals surface area contributed by atoms with E-state index in [1.54, 1.807) is 24.3 Å². The van der Waals surface area contributed by atoms with Crippen LogP contribution in [0.3, 0.4) is 0 Å². The van der Waals surface area contributed by atoms with E-state index in [1.165, 1.54) is 11.6 Å². The van der Waals surface area contributed by atoms with Gasteiger partial charge in [-0.1, -0.05) is 45.0 Å². The standard InChI is InChI=1S/C20H22N2O3/c1-20(2,3)15-8-10-16(11-9-15)25-13-12-21-19(24)17-6-4-5-7-18(17)22-14-23/h4-11H,12-13H2,1-3H3,(H,21,24). The molecule has 0 saturated carbocycles. The van der Waals surface area contributed by atoms with E-state index in [0.717, 1.165) is 5.75 Å². The number of isocyanates is 1. The maximum atomic E-state index is 12.2. The molecule has 5 nitrogen and oxygen atoms in total. The summed E-state index contributed by atoms with van der Waals surface area (Å²) in [4.78, 5) is 26.1. The van der Waals surface area contributed by atoms with Gasteiger partial charge in [0.1, 0.15) is 12.4 Å². The van der Waals surface area contributed by atoms with Crippen LogP contribution in [0.2, 0.25) is 0 Å². The number of carbonyl (C=O) groups excluding carboxylic acids is 2. The molecule has 0 radical (unpaired) electrons. The van der Waals surface area contributed by atoms with Crippen molar-refractivity contribution in [3.8, 4) is 5.75 Å². The van der Waals surface area contributed by atoms with Crippen molar-refractivity contribution < 1.29 is 14.3 Å². The SMILES string of the molecule is CC(C)(C)c1ccc(OCCNC(=O)c2ccccc2N=C=O)cc1. The Bertz CT molecular complexity index is 770. The third-order valence-corrected chi connectivity index (χ3v) is 3.69. The van der Waals surface area contributed by atoms with Gasteiger partial charge in [0.15, 0.2) is 0 Å². The third-order valence-electron chi connectivity index (χ3n) is 3.69. The van der Waals surface area contributed by atoms with E-state index in [1.807, 2.05) is 24.3 Å². The summed E-state index contributed by atoms with van der Waals surface area (Å²) in [5.41, 5.74) is 1.97. The highest BCUT2D eigenvalue weighted by Crippen LogP contribution is 2.24. The molecule has 1 N–H and O–H groups in total. The zero-order valence-corrected chi connectivity index (χ0v) is 14.7. The van der Waals surface area contributed by atoms with Crippen LogP contribution < -0.4 is 10.1 Å². The average molecular weight is 338 g/mol. The molecule has 5 heteroatoms. The van der Waals surface area contributed by atoms with Gasteiger partial charge >= 0.3 is 0 Å². The molecule has 0 saturated heterocycles. The zero-order chi connectivity index (χ0) is 18.3. The Hall–Kier alpha value is -2.91. The predicted molar refractivity (Wildman–Crippen MR) is 97.2 cm³/mol. The number of aliphatic imine (C=N–C) groups is 1. The Morgan fingerprint density at radius 1 is 1.12 bits per heavy atom. The summed E-state index contributed by atoms with van der Waals surface area (Å²) < 4.78 is 5.64. The van der Waals surface area contributed by atoms with Crippen LogP contribution in [0.4, 0.5) is 5.69 Å². The lowest BCUT2D eigenvalue weighted by Crippen LogP contribution is -2.28. The molecular weight excluding hydrogens is 316 g/mol. The van der Waals surface area contributed by atoms with Crippen molar-refractivity contribution in [1.29, 1.82) is 0 Å². The van der Waals surface area contributed by atoms with Crippen LogP contribution in [0.25, 0.3) is 0 Å². The monoisotopic (exact) mass is 338 g/mol. The maximum absolute atomic E-state index is 12.2. The van der Waals surface area contributed by atoms with Crippen LogP contribution in [0, 0.1) is 0 Å². The highest BCUT2D eigenvalue weighted by atomic mass is 16.5. The van der Waals surface area contributed by atoms with Gasteiger partial charge in [0.05, 0.1) is 17.8 Å². The van der Waals surface area contributed by atoms with Crippen molar-refractivity contribution in [3.05, 3.63) is 59.7 Å². The highest BCUT2D eigenvalue weighted by molar-refractivity contribution is 5.99. The van der Waals surface area contributed by atoms with Crippen molar-refractivity contribution in [3.63, 3.8) is 0 Å². The largest absolute Gasteiger partial charge is 0.492 e. The molecule has 0 unspecified atom stereocenters. The van der Waals surface area contributed by atoms with Crippen LogP contribution in [0.1, 0.15) is 36.7 Å². The summed E-state index contributed by atoms with van der Waals surface area (Å²) in [5, 5.41) is 2.75. The summed E-state index contributed by atoms with van der Waals surface area (Å²) in [5.74, 6) is 0.453. The molecule has 0 bridgehead atoms. The second-order valence-corrected chi connectivity index (χ2v) is 6.60. The van der Waals surface area contributed by atoms with Crippen LogP contribution in [0.15, 0.2) is 53.5 Å². The van der Waals surface area contributed by atoms with Gasteiger partial charge in [0, 0.05) is 0 Å². The summed E-state index contributed by atoms with van der Waals surface area (Å²) >= 11 is 0. The number of para-hydroxylation sites is 1. The quantitative estimate of drug-likeness (QED) is 0.495. The lowest BCUT2D eigenvalue weighted by Gasteiger charge is -2.19. The molecule has 25 heavy (non-hydrogen) atoms. The molecule has 0 heterocycles. The minimum absolute atomic E-state index is 0.101. The Kier molecular flexibility index (Phi) is 6.09. The number of hydrogen-bond donors (Lipinski definition) is 1. The maximum Gasteiger partial charge on any atom is 0.253 e. The molecule has 2 aromatic rings. The third kappa shape index (κ3) is 5.30. The second kappa shape index (κ2) is 8.27. The summed E-state index contributed by atoms with van der Waals surface area (Å²) in [6.07, 6.45) is 1.45. The van der Waals surface area contributed by atoms with Crippen molar-refractivity contribution in [1.82, 2.24) is 5.32 Å². The molecule has 0 fully saturated rings. The topological polar surface area (TPSA) is 67.8 Å². The Morgan fingerprint density at radius 3 is 2.44 bits per heavy atom. The first-order valence-corrected chi connectivity index (χ1v) is 8.10. The fourth-order valence-corrected chi connectivity index (χ4v) is 2.29. The highest BCUT2D eigenvalue weighted by Gasteiger charge is 2.13. The molecule has 0 aliphatic heterocycles. The first-order chi connectivity index (χ1) is 11.9. The number of carbonyl (C=O) groups is 1. The molecule has 0 aliphatic rings. The van der Waals surface area contributed by atoms with E-state index < -0.39 is 0 Å². The van der Waals surface area contributed by atoms with Gasteiger partial charge in [-0.15, -0.1) is 0 Å². The van der Waals surface area contributed by atoms with Crippen molar-refractivity contribution >= 4 is 17.7 Å². The summed E-state index contributed by atoms with van der Waals surface area (Å²) in [6, 6.07) is 14.6. The first kappa shape index (κ1) is 18.4. The van der Waals surface area contributed by atoms with Gasteiger partial charge in [-0.25, -0.2) is 4.79 Å². The van der Waals surface area contributed by atoms with E-state index in [4.69, 9.17) is 4.74 Å². The van der Waals surface area contributed by atoms with Gasteiger partial charge in [0.2, 0.25) is 6.08 Å². The van der Waals surface area contributed by atoms with Crippen molar-refractivity contribution in [2.24, 2.45) is 4.99 Å². The molecule has 0 aliphatic carbocycles. The van der Waals surface area contributed by atoms with Crippen LogP contribution in [-0.4, -0.2) is 25.1 Å². The van der Waals surface area contributed by atoms with E-state index in [9.17, 15) is 9.59 Å². The van der Waals surface area contributed by atoms with Gasteiger partial charge in [-0.05, 0) is 35.2 Å². The van der Waals surface area contributed by atoms with Gasteiger partial charge in [0.25, 0.3) is 5.91 Å². The van der Waals surface area contributed by atoms with Crippen molar-refractivity contribution in [2.45, 2.75) is 26.2 Å². The number of nitrogens with one attached hydrogen (secondary N) is 1. The van der Waals surface area contributed by atoms with Crippen LogP contribution in [-0.2, 0) is 10.2 Å². The van der Waals surface area contributed by atoms with Gasteiger partial charge in [-0.3, -0.25) is 4.79 Å². The Morgan fingerprint density at radius 2 is 1.80 bits per heavy atom. The Balaban J connectivity index is 1.85. The minimum atomic E-state index is -0.304. The van der Waals surface area contributed by atoms with E-state index in [2.05, 4.69) is 31.1 Å². The minimum Gasteiger partial charge on any atom is -0.492 e. The number of rotatable bonds is 6. The number of nitrogens with zero attached hydrogens (tertiary/aromatic N) is 1. The number of ether oxygens (including phenoxy) is 1. The van der Waals surface area contributed by atoms with Gasteiger partial charge in [-0.2, -0.15) is 4.99 Å². The molecular formula is C20H22N2O3. The summed E-state index contributed by atoms with van der Waals surface area (Å²) in [6.45, 7) is 7.17. The molecule has 0 aromatic heterocycles. The fraction of sp³-hybridized carbons (Fsp3) is 0.300. The lowest BCUT2D eigenvalue weighted by molar-refractivity contribution is 0.0947. The number of benzene rings is 2.